The van der Waals surface area contributed by atoms with Crippen molar-refractivity contribution in [3.05, 3.63) is 52.2 Å². The predicted molar refractivity (Wildman–Crippen MR) is 130 cm³/mol. The van der Waals surface area contributed by atoms with Crippen LogP contribution in [0.5, 0.6) is 0 Å². The van der Waals surface area contributed by atoms with E-state index in [1.807, 2.05) is 51.4 Å². The highest BCUT2D eigenvalue weighted by atomic mass is 32.2. The number of benzene rings is 1. The summed E-state index contributed by atoms with van der Waals surface area (Å²) in [6, 6.07) is 9.01. The number of anilines is 1. The Kier molecular flexibility index (Phi) is 6.80. The minimum Gasteiger partial charge on any atom is -0.345 e. The zero-order chi connectivity index (χ0) is 23.8. The molecule has 32 heavy (non-hydrogen) atoms. The number of carbonyl (C=O) groups is 1. The standard InChI is InChI=1S/C23H30N4O3S2/c1-8-27(9-2)23(28)21-16(4)24-22(31-21)19-14-20(17(5)25(19)6)32(29,30)26(7)18-12-10-15(3)11-13-18/h10-14H,8-9H2,1-7H3. The van der Waals surface area contributed by atoms with Crippen molar-refractivity contribution in [1.82, 2.24) is 14.5 Å². The lowest BCUT2D eigenvalue weighted by Crippen LogP contribution is -2.30. The lowest BCUT2D eigenvalue weighted by Gasteiger charge is -2.19. The van der Waals surface area contributed by atoms with Gasteiger partial charge in [0.15, 0.2) is 0 Å². The van der Waals surface area contributed by atoms with E-state index in [2.05, 4.69) is 4.98 Å². The maximum atomic E-state index is 13.4. The van der Waals surface area contributed by atoms with Gasteiger partial charge in [-0.3, -0.25) is 9.10 Å². The van der Waals surface area contributed by atoms with Gasteiger partial charge in [0.1, 0.15) is 14.8 Å². The molecule has 7 nitrogen and oxygen atoms in total. The van der Waals surface area contributed by atoms with Crippen molar-refractivity contribution in [3.63, 3.8) is 0 Å². The molecule has 9 heteroatoms. The molecule has 2 aromatic heterocycles. The zero-order valence-corrected chi connectivity index (χ0v) is 21.3. The number of sulfonamides is 1. The number of carbonyl (C=O) groups excluding carboxylic acids is 1. The molecule has 0 aliphatic carbocycles. The van der Waals surface area contributed by atoms with Gasteiger partial charge in [-0.15, -0.1) is 11.3 Å². The highest BCUT2D eigenvalue weighted by Crippen LogP contribution is 2.34. The summed E-state index contributed by atoms with van der Waals surface area (Å²) in [6.07, 6.45) is 0. The smallest absolute Gasteiger partial charge is 0.265 e. The average molecular weight is 475 g/mol. The predicted octanol–water partition coefficient (Wildman–Crippen LogP) is 4.38. The molecule has 3 rings (SSSR count). The van der Waals surface area contributed by atoms with Crippen LogP contribution in [0.3, 0.4) is 0 Å². The highest BCUT2D eigenvalue weighted by Gasteiger charge is 2.29. The second-order valence-electron chi connectivity index (χ2n) is 7.76. The summed E-state index contributed by atoms with van der Waals surface area (Å²) in [5.74, 6) is -0.0471. The van der Waals surface area contributed by atoms with Crippen LogP contribution in [0.1, 0.15) is 40.5 Å². The molecule has 172 valence electrons. The maximum absolute atomic E-state index is 13.4. The molecular weight excluding hydrogens is 444 g/mol. The number of nitrogens with zero attached hydrogens (tertiary/aromatic N) is 4. The molecule has 0 atom stereocenters. The van der Waals surface area contributed by atoms with Crippen LogP contribution in [0.4, 0.5) is 5.69 Å². The summed E-state index contributed by atoms with van der Waals surface area (Å²) in [5, 5.41) is 0.628. The third-order valence-corrected chi connectivity index (χ3v) is 8.85. The Morgan fingerprint density at radius 3 is 2.25 bits per heavy atom. The quantitative estimate of drug-likeness (QED) is 0.509. The van der Waals surface area contributed by atoms with Gasteiger partial charge in [-0.05, 0) is 52.8 Å². The minimum atomic E-state index is -3.77. The van der Waals surface area contributed by atoms with E-state index in [9.17, 15) is 13.2 Å². The molecule has 0 unspecified atom stereocenters. The zero-order valence-electron chi connectivity index (χ0n) is 19.6. The fraction of sp³-hybridized carbons (Fsp3) is 0.391. The van der Waals surface area contributed by atoms with Crippen LogP contribution in [0.2, 0.25) is 0 Å². The van der Waals surface area contributed by atoms with Crippen LogP contribution in [-0.4, -0.2) is 48.9 Å². The van der Waals surface area contributed by atoms with Crippen molar-refractivity contribution < 1.29 is 13.2 Å². The number of aryl methyl sites for hydroxylation is 2. The van der Waals surface area contributed by atoms with Crippen LogP contribution in [0, 0.1) is 20.8 Å². The summed E-state index contributed by atoms with van der Waals surface area (Å²) in [4.78, 5) is 20.0. The maximum Gasteiger partial charge on any atom is 0.265 e. The SMILES string of the molecule is CCN(CC)C(=O)c1sc(-c2cc(S(=O)(=O)N(C)c3ccc(C)cc3)c(C)n2C)nc1C. The molecule has 0 aliphatic rings. The van der Waals surface area contributed by atoms with Crippen molar-refractivity contribution in [1.29, 1.82) is 0 Å². The highest BCUT2D eigenvalue weighted by molar-refractivity contribution is 7.92. The van der Waals surface area contributed by atoms with Gasteiger partial charge in [0.25, 0.3) is 15.9 Å². The van der Waals surface area contributed by atoms with Crippen LogP contribution in [-0.2, 0) is 17.1 Å². The van der Waals surface area contributed by atoms with E-state index >= 15 is 0 Å². The average Bonchev–Trinajstić information content (AvgIpc) is 3.29. The molecule has 0 bridgehead atoms. The number of rotatable bonds is 7. The fourth-order valence-electron chi connectivity index (χ4n) is 3.54. The Morgan fingerprint density at radius 1 is 1.09 bits per heavy atom. The van der Waals surface area contributed by atoms with E-state index < -0.39 is 10.0 Å². The molecule has 1 amide bonds. The second-order valence-corrected chi connectivity index (χ2v) is 10.7. The van der Waals surface area contributed by atoms with E-state index in [1.165, 1.54) is 15.6 Å². The number of hydrogen-bond donors (Lipinski definition) is 0. The van der Waals surface area contributed by atoms with Gasteiger partial charge in [-0.1, -0.05) is 17.7 Å². The van der Waals surface area contributed by atoms with Gasteiger partial charge >= 0.3 is 0 Å². The van der Waals surface area contributed by atoms with Gasteiger partial charge in [-0.25, -0.2) is 13.4 Å². The first-order valence-electron chi connectivity index (χ1n) is 10.5. The van der Waals surface area contributed by atoms with Crippen molar-refractivity contribution in [2.45, 2.75) is 39.5 Å². The van der Waals surface area contributed by atoms with Crippen LogP contribution in [0.25, 0.3) is 10.7 Å². The Morgan fingerprint density at radius 2 is 1.69 bits per heavy atom. The number of thiazole rings is 1. The van der Waals surface area contributed by atoms with Crippen molar-refractivity contribution in [2.24, 2.45) is 7.05 Å². The molecule has 3 aromatic rings. The topological polar surface area (TPSA) is 75.5 Å². The largest absolute Gasteiger partial charge is 0.345 e. The molecule has 0 N–H and O–H groups in total. The van der Waals surface area contributed by atoms with Gasteiger partial charge < -0.3 is 9.47 Å². The van der Waals surface area contributed by atoms with Gasteiger partial charge in [0.05, 0.1) is 17.1 Å². The molecule has 0 saturated carbocycles. The Bertz CT molecular complexity index is 1240. The summed E-state index contributed by atoms with van der Waals surface area (Å²) in [5.41, 5.74) is 3.60. The molecular formula is C23H30N4O3S2. The van der Waals surface area contributed by atoms with Gasteiger partial charge in [0, 0.05) is 32.9 Å². The molecule has 1 aromatic carbocycles. The summed E-state index contributed by atoms with van der Waals surface area (Å²) < 4.78 is 29.9. The third-order valence-electron chi connectivity index (χ3n) is 5.79. The van der Waals surface area contributed by atoms with E-state index in [0.717, 1.165) is 5.56 Å². The molecule has 2 heterocycles. The van der Waals surface area contributed by atoms with E-state index in [0.29, 0.717) is 45.7 Å². The van der Waals surface area contributed by atoms with Crippen molar-refractivity contribution in [3.8, 4) is 10.7 Å². The normalized spacial score (nSPS) is 11.6. The van der Waals surface area contributed by atoms with Crippen molar-refractivity contribution in [2.75, 3.05) is 24.4 Å². The molecule has 0 radical (unpaired) electrons. The molecule has 0 fully saturated rings. The lowest BCUT2D eigenvalue weighted by molar-refractivity contribution is 0.0777. The van der Waals surface area contributed by atoms with Crippen LogP contribution < -0.4 is 4.31 Å². The van der Waals surface area contributed by atoms with Gasteiger partial charge in [-0.2, -0.15) is 0 Å². The monoisotopic (exact) mass is 474 g/mol. The van der Waals surface area contributed by atoms with Crippen LogP contribution in [0.15, 0.2) is 35.2 Å². The molecule has 0 spiro atoms. The first-order chi connectivity index (χ1) is 15.0. The summed E-state index contributed by atoms with van der Waals surface area (Å²) in [7, 11) is -0.398. The lowest BCUT2D eigenvalue weighted by atomic mass is 10.2. The Balaban J connectivity index is 2.03. The molecule has 0 aliphatic heterocycles. The number of aromatic nitrogens is 2. The van der Waals surface area contributed by atoms with E-state index in [4.69, 9.17) is 0 Å². The number of hydrogen-bond acceptors (Lipinski definition) is 5. The molecule has 0 saturated heterocycles. The fourth-order valence-corrected chi connectivity index (χ4v) is 6.09. The van der Waals surface area contributed by atoms with Crippen LogP contribution >= 0.6 is 11.3 Å². The summed E-state index contributed by atoms with van der Waals surface area (Å²) >= 11 is 1.30. The second kappa shape index (κ2) is 9.07. The first-order valence-corrected chi connectivity index (χ1v) is 12.8. The first kappa shape index (κ1) is 24.0. The van der Waals surface area contributed by atoms with E-state index in [1.54, 1.807) is 37.1 Å². The Labute approximate surface area is 194 Å². The number of amides is 1. The minimum absolute atomic E-state index is 0.0471. The third kappa shape index (κ3) is 4.19. The Hall–Kier alpha value is -2.65. The van der Waals surface area contributed by atoms with E-state index in [-0.39, 0.29) is 10.8 Å². The summed E-state index contributed by atoms with van der Waals surface area (Å²) in [6.45, 7) is 10.7. The van der Waals surface area contributed by atoms with Gasteiger partial charge in [0.2, 0.25) is 0 Å². The van der Waals surface area contributed by atoms with Crippen molar-refractivity contribution >= 4 is 33.0 Å².